The molecule has 0 aliphatic carbocycles. The van der Waals surface area contributed by atoms with Crippen molar-refractivity contribution in [3.8, 4) is 0 Å². The van der Waals surface area contributed by atoms with Crippen LogP contribution < -0.4 is 5.32 Å². The Labute approximate surface area is 107 Å². The first kappa shape index (κ1) is 13.1. The minimum Gasteiger partial charge on any atom is -0.460 e. The molecule has 4 heteroatoms. The van der Waals surface area contributed by atoms with E-state index in [1.54, 1.807) is 0 Å². The normalized spacial score (nSPS) is 13.7. The Morgan fingerprint density at radius 3 is 2.83 bits per heavy atom. The molecule has 0 radical (unpaired) electrons. The first-order chi connectivity index (χ1) is 8.66. The maximum Gasteiger partial charge on any atom is 0.338 e. The second-order valence-corrected chi connectivity index (χ2v) is 4.64. The van der Waals surface area contributed by atoms with Crippen molar-refractivity contribution < 1.29 is 14.3 Å². The van der Waals surface area contributed by atoms with E-state index < -0.39 is 0 Å². The zero-order chi connectivity index (χ0) is 13.0. The summed E-state index contributed by atoms with van der Waals surface area (Å²) in [5, 5.41) is 3.25. The van der Waals surface area contributed by atoms with E-state index in [-0.39, 0.29) is 12.1 Å². The highest BCUT2D eigenvalue weighted by Crippen LogP contribution is 2.17. The summed E-state index contributed by atoms with van der Waals surface area (Å²) in [6, 6.07) is 5.70. The van der Waals surface area contributed by atoms with Gasteiger partial charge in [-0.3, -0.25) is 0 Å². The molecule has 1 aromatic carbocycles. The zero-order valence-corrected chi connectivity index (χ0v) is 10.9. The fourth-order valence-electron chi connectivity index (χ4n) is 1.92. The summed E-state index contributed by atoms with van der Waals surface area (Å²) in [5.74, 6) is -0.281. The first-order valence-corrected chi connectivity index (χ1v) is 6.28. The van der Waals surface area contributed by atoms with E-state index in [0.717, 1.165) is 13.1 Å². The van der Waals surface area contributed by atoms with Crippen molar-refractivity contribution in [1.29, 1.82) is 0 Å². The molecular weight excluding hydrogens is 230 g/mol. The summed E-state index contributed by atoms with van der Waals surface area (Å²) in [4.78, 5) is 11.8. The molecule has 0 aromatic heterocycles. The molecule has 18 heavy (non-hydrogen) atoms. The van der Waals surface area contributed by atoms with Crippen molar-refractivity contribution in [2.24, 2.45) is 0 Å². The van der Waals surface area contributed by atoms with E-state index in [2.05, 4.69) is 5.32 Å². The van der Waals surface area contributed by atoms with E-state index >= 15 is 0 Å². The molecule has 0 spiro atoms. The van der Waals surface area contributed by atoms with Crippen LogP contribution in [0.1, 0.15) is 35.3 Å². The van der Waals surface area contributed by atoms with Crippen LogP contribution in [0.25, 0.3) is 0 Å². The van der Waals surface area contributed by atoms with E-state index in [4.69, 9.17) is 9.47 Å². The van der Waals surface area contributed by atoms with Crippen LogP contribution in [0, 0.1) is 0 Å². The van der Waals surface area contributed by atoms with Gasteiger partial charge in [-0.15, -0.1) is 0 Å². The largest absolute Gasteiger partial charge is 0.460 e. The van der Waals surface area contributed by atoms with Crippen LogP contribution in [0.15, 0.2) is 18.2 Å². The van der Waals surface area contributed by atoms with Crippen molar-refractivity contribution in [1.82, 2.24) is 5.32 Å². The minimum absolute atomic E-state index is 0.162. The fraction of sp³-hybridized carbons (Fsp3) is 0.500. The van der Waals surface area contributed by atoms with Gasteiger partial charge in [0.15, 0.2) is 0 Å². The lowest BCUT2D eigenvalue weighted by atomic mass is 10.1. The Morgan fingerprint density at radius 1 is 1.28 bits per heavy atom. The van der Waals surface area contributed by atoms with Crippen molar-refractivity contribution >= 4 is 5.97 Å². The third-order valence-corrected chi connectivity index (χ3v) is 2.84. The summed E-state index contributed by atoms with van der Waals surface area (Å²) in [5.41, 5.74) is 3.06. The Hall–Kier alpha value is -1.39. The number of carbonyl (C=O) groups is 1. The molecule has 1 aliphatic rings. The van der Waals surface area contributed by atoms with Crippen molar-refractivity contribution in [3.05, 3.63) is 34.9 Å². The number of hydrogen-bond acceptors (Lipinski definition) is 4. The predicted octanol–water partition coefficient (Wildman–Crippen LogP) is 1.87. The predicted molar refractivity (Wildman–Crippen MR) is 68.4 cm³/mol. The molecule has 0 atom stereocenters. The molecule has 0 amide bonds. The van der Waals surface area contributed by atoms with Crippen LogP contribution in [-0.4, -0.2) is 25.3 Å². The van der Waals surface area contributed by atoms with Gasteiger partial charge in [0, 0.05) is 13.1 Å². The van der Waals surface area contributed by atoms with Gasteiger partial charge >= 0.3 is 5.97 Å². The molecule has 0 unspecified atom stereocenters. The first-order valence-electron chi connectivity index (χ1n) is 6.28. The minimum atomic E-state index is -0.281. The zero-order valence-electron chi connectivity index (χ0n) is 10.9. The molecule has 2 rings (SSSR count). The molecular formula is C14H19NO3. The molecule has 98 valence electrons. The van der Waals surface area contributed by atoms with Gasteiger partial charge in [0.05, 0.1) is 18.3 Å². The SMILES string of the molecule is CC(C)OCCOC(=O)c1ccc2c(c1)CNC2. The molecule has 0 bridgehead atoms. The van der Waals surface area contributed by atoms with Gasteiger partial charge in [-0.25, -0.2) is 4.79 Å². The monoisotopic (exact) mass is 249 g/mol. The molecule has 1 aromatic rings. The highest BCUT2D eigenvalue weighted by molar-refractivity contribution is 5.89. The second-order valence-electron chi connectivity index (χ2n) is 4.64. The van der Waals surface area contributed by atoms with Crippen LogP contribution in [0.3, 0.4) is 0 Å². The topological polar surface area (TPSA) is 47.6 Å². The van der Waals surface area contributed by atoms with Crippen LogP contribution in [0.4, 0.5) is 0 Å². The summed E-state index contributed by atoms with van der Waals surface area (Å²) >= 11 is 0. The van der Waals surface area contributed by atoms with Crippen molar-refractivity contribution in [2.45, 2.75) is 33.0 Å². The number of carbonyl (C=O) groups excluding carboxylic acids is 1. The average molecular weight is 249 g/mol. The lowest BCUT2D eigenvalue weighted by Crippen LogP contribution is -2.13. The lowest BCUT2D eigenvalue weighted by molar-refractivity contribution is 0.0177. The van der Waals surface area contributed by atoms with Crippen LogP contribution >= 0.6 is 0 Å². The molecule has 0 saturated carbocycles. The third-order valence-electron chi connectivity index (χ3n) is 2.84. The highest BCUT2D eigenvalue weighted by atomic mass is 16.6. The third kappa shape index (κ3) is 3.31. The Morgan fingerprint density at radius 2 is 2.06 bits per heavy atom. The highest BCUT2D eigenvalue weighted by Gasteiger charge is 2.14. The average Bonchev–Trinajstić information content (AvgIpc) is 2.81. The maximum absolute atomic E-state index is 11.8. The Balaban J connectivity index is 1.85. The summed E-state index contributed by atoms with van der Waals surface area (Å²) in [7, 11) is 0. The van der Waals surface area contributed by atoms with Crippen molar-refractivity contribution in [2.75, 3.05) is 13.2 Å². The maximum atomic E-state index is 11.8. The fourth-order valence-corrected chi connectivity index (χ4v) is 1.92. The van der Waals surface area contributed by atoms with Gasteiger partial charge in [-0.2, -0.15) is 0 Å². The second kappa shape index (κ2) is 5.98. The molecule has 4 nitrogen and oxygen atoms in total. The molecule has 1 aliphatic heterocycles. The smallest absolute Gasteiger partial charge is 0.338 e. The molecule has 1 heterocycles. The number of esters is 1. The molecule has 1 N–H and O–H groups in total. The molecule has 0 saturated heterocycles. The van der Waals surface area contributed by atoms with Crippen LogP contribution in [0.2, 0.25) is 0 Å². The van der Waals surface area contributed by atoms with Gasteiger partial charge in [0.1, 0.15) is 6.61 Å². The van der Waals surface area contributed by atoms with Gasteiger partial charge in [0.2, 0.25) is 0 Å². The van der Waals surface area contributed by atoms with E-state index in [0.29, 0.717) is 18.8 Å². The number of rotatable bonds is 5. The number of ether oxygens (including phenoxy) is 2. The van der Waals surface area contributed by atoms with E-state index in [1.807, 2.05) is 32.0 Å². The van der Waals surface area contributed by atoms with E-state index in [1.165, 1.54) is 11.1 Å². The summed E-state index contributed by atoms with van der Waals surface area (Å²) in [6.07, 6.45) is 0.162. The number of benzene rings is 1. The van der Waals surface area contributed by atoms with Gasteiger partial charge in [0.25, 0.3) is 0 Å². The summed E-state index contributed by atoms with van der Waals surface area (Å²) in [6.45, 7) is 6.35. The summed E-state index contributed by atoms with van der Waals surface area (Å²) < 4.78 is 10.5. The van der Waals surface area contributed by atoms with E-state index in [9.17, 15) is 4.79 Å². The number of fused-ring (bicyclic) bond motifs is 1. The standard InChI is InChI=1S/C14H19NO3/c1-10(2)17-5-6-18-14(16)11-3-4-12-8-15-9-13(12)7-11/h3-4,7,10,15H,5-6,8-9H2,1-2H3. The Bertz CT molecular complexity index is 429. The van der Waals surface area contributed by atoms with Gasteiger partial charge in [-0.05, 0) is 37.1 Å². The molecule has 0 fully saturated rings. The lowest BCUT2D eigenvalue weighted by Gasteiger charge is -2.08. The quantitative estimate of drug-likeness (QED) is 0.639. The van der Waals surface area contributed by atoms with Crippen molar-refractivity contribution in [3.63, 3.8) is 0 Å². The van der Waals surface area contributed by atoms with Gasteiger partial charge in [-0.1, -0.05) is 6.07 Å². The van der Waals surface area contributed by atoms with Gasteiger partial charge < -0.3 is 14.8 Å². The van der Waals surface area contributed by atoms with Crippen LogP contribution in [0.5, 0.6) is 0 Å². The van der Waals surface area contributed by atoms with Crippen LogP contribution in [-0.2, 0) is 22.6 Å². The number of hydrogen-bond donors (Lipinski definition) is 1. The Kier molecular flexibility index (Phi) is 4.33. The number of nitrogens with one attached hydrogen (secondary N) is 1.